The lowest BCUT2D eigenvalue weighted by molar-refractivity contribution is 0.0132. The zero-order chi connectivity index (χ0) is 15.0. The molecule has 6 heteroatoms. The average Bonchev–Trinajstić information content (AvgIpc) is 3.20. The van der Waals surface area contributed by atoms with Crippen molar-refractivity contribution in [1.82, 2.24) is 0 Å². The van der Waals surface area contributed by atoms with Crippen molar-refractivity contribution in [3.8, 4) is 0 Å². The molecule has 0 aliphatic carbocycles. The second-order valence-corrected chi connectivity index (χ2v) is 7.80. The summed E-state index contributed by atoms with van der Waals surface area (Å²) in [7, 11) is -2.57. The van der Waals surface area contributed by atoms with Crippen LogP contribution in [0.3, 0.4) is 0 Å². The van der Waals surface area contributed by atoms with Crippen molar-refractivity contribution in [3.05, 3.63) is 0 Å². The molecule has 1 rings (SSSR count). The van der Waals surface area contributed by atoms with Crippen molar-refractivity contribution in [1.29, 1.82) is 0 Å². The van der Waals surface area contributed by atoms with E-state index in [0.717, 1.165) is 12.7 Å². The lowest BCUT2D eigenvalue weighted by Gasteiger charge is -2.32. The van der Waals surface area contributed by atoms with Gasteiger partial charge in [-0.05, 0) is 33.6 Å². The SMILES string of the molecule is CCO[Si](CC(C)C(C)OCC1CO1)(OCC)OCC. The van der Waals surface area contributed by atoms with Gasteiger partial charge in [0.05, 0.1) is 19.3 Å². The molecule has 0 aromatic carbocycles. The van der Waals surface area contributed by atoms with Gasteiger partial charge in [-0.1, -0.05) is 6.92 Å². The Morgan fingerprint density at radius 3 is 1.95 bits per heavy atom. The van der Waals surface area contributed by atoms with Crippen LogP contribution in [0.2, 0.25) is 6.04 Å². The van der Waals surface area contributed by atoms with Crippen molar-refractivity contribution >= 4 is 8.80 Å². The number of ether oxygens (including phenoxy) is 2. The van der Waals surface area contributed by atoms with Crippen LogP contribution in [-0.4, -0.2) is 54.0 Å². The summed E-state index contributed by atoms with van der Waals surface area (Å²) in [6, 6.07) is 0.787. The van der Waals surface area contributed by atoms with Crippen LogP contribution in [0.4, 0.5) is 0 Å². The van der Waals surface area contributed by atoms with Crippen molar-refractivity contribution in [2.45, 2.75) is 52.9 Å². The van der Waals surface area contributed by atoms with E-state index in [1.54, 1.807) is 0 Å². The van der Waals surface area contributed by atoms with Crippen molar-refractivity contribution in [2.24, 2.45) is 5.92 Å². The van der Waals surface area contributed by atoms with E-state index in [-0.39, 0.29) is 6.10 Å². The maximum absolute atomic E-state index is 5.88. The summed E-state index contributed by atoms with van der Waals surface area (Å²) >= 11 is 0. The Balaban J connectivity index is 2.50. The van der Waals surface area contributed by atoms with Gasteiger partial charge in [0, 0.05) is 25.9 Å². The Kier molecular flexibility index (Phi) is 8.24. The van der Waals surface area contributed by atoms with Gasteiger partial charge in [0.15, 0.2) is 0 Å². The van der Waals surface area contributed by atoms with Crippen LogP contribution in [0, 0.1) is 5.92 Å². The third-order valence-electron chi connectivity index (χ3n) is 3.41. The van der Waals surface area contributed by atoms with Gasteiger partial charge in [-0.3, -0.25) is 0 Å². The van der Waals surface area contributed by atoms with Crippen LogP contribution in [0.5, 0.6) is 0 Å². The molecule has 1 heterocycles. The first-order chi connectivity index (χ1) is 9.56. The molecule has 0 N–H and O–H groups in total. The van der Waals surface area contributed by atoms with Crippen LogP contribution < -0.4 is 0 Å². The molecule has 0 amide bonds. The molecule has 0 aromatic rings. The van der Waals surface area contributed by atoms with Gasteiger partial charge >= 0.3 is 8.80 Å². The Morgan fingerprint density at radius 2 is 1.55 bits per heavy atom. The summed E-state index contributed by atoms with van der Waals surface area (Å²) in [5.74, 6) is 0.324. The molecule has 1 aliphatic heterocycles. The topological polar surface area (TPSA) is 49.5 Å². The molecule has 3 atom stereocenters. The molecule has 1 aliphatic rings. The number of hydrogen-bond donors (Lipinski definition) is 0. The second-order valence-electron chi connectivity index (χ2n) is 5.16. The summed E-state index contributed by atoms with van der Waals surface area (Å²) in [6.45, 7) is 13.6. The van der Waals surface area contributed by atoms with Crippen LogP contribution in [0.1, 0.15) is 34.6 Å². The van der Waals surface area contributed by atoms with Gasteiger partial charge in [0.2, 0.25) is 0 Å². The first-order valence-electron chi connectivity index (χ1n) is 7.71. The van der Waals surface area contributed by atoms with Crippen LogP contribution >= 0.6 is 0 Å². The van der Waals surface area contributed by atoms with Crippen molar-refractivity contribution < 1.29 is 22.8 Å². The number of rotatable bonds is 12. The van der Waals surface area contributed by atoms with Gasteiger partial charge in [-0.15, -0.1) is 0 Å². The maximum Gasteiger partial charge on any atom is 0.501 e. The quantitative estimate of drug-likeness (QED) is 0.409. The zero-order valence-corrected chi connectivity index (χ0v) is 14.5. The third-order valence-corrected chi connectivity index (χ3v) is 6.74. The fourth-order valence-corrected chi connectivity index (χ4v) is 5.15. The van der Waals surface area contributed by atoms with Crippen LogP contribution in [0.25, 0.3) is 0 Å². The van der Waals surface area contributed by atoms with Gasteiger partial charge in [-0.2, -0.15) is 0 Å². The van der Waals surface area contributed by atoms with E-state index in [2.05, 4.69) is 13.8 Å². The summed E-state index contributed by atoms with van der Waals surface area (Å²) in [4.78, 5) is 0. The molecular formula is C14H30O5Si. The summed E-state index contributed by atoms with van der Waals surface area (Å²) in [6.07, 6.45) is 0.449. The first kappa shape index (κ1) is 18.1. The van der Waals surface area contributed by atoms with E-state index in [1.807, 2.05) is 20.8 Å². The highest BCUT2D eigenvalue weighted by Crippen LogP contribution is 2.25. The van der Waals surface area contributed by atoms with E-state index >= 15 is 0 Å². The molecule has 0 saturated carbocycles. The Labute approximate surface area is 124 Å². The standard InChI is InChI=1S/C14H30O5Si/c1-6-17-20(18-7-2,19-8-3)11-12(4)13(5)15-9-14-10-16-14/h12-14H,6-11H2,1-5H3. The number of hydrogen-bond acceptors (Lipinski definition) is 5. The lowest BCUT2D eigenvalue weighted by atomic mass is 10.1. The fourth-order valence-electron chi connectivity index (χ4n) is 2.11. The van der Waals surface area contributed by atoms with E-state index in [0.29, 0.717) is 38.4 Å². The minimum atomic E-state index is -2.57. The van der Waals surface area contributed by atoms with E-state index in [1.165, 1.54) is 0 Å². The summed E-state index contributed by atoms with van der Waals surface area (Å²) < 4.78 is 28.7. The normalized spacial score (nSPS) is 21.8. The molecule has 1 saturated heterocycles. The summed E-state index contributed by atoms with van der Waals surface area (Å²) in [5, 5.41) is 0. The smallest absolute Gasteiger partial charge is 0.375 e. The third kappa shape index (κ3) is 6.20. The van der Waals surface area contributed by atoms with Crippen molar-refractivity contribution in [2.75, 3.05) is 33.0 Å². The lowest BCUT2D eigenvalue weighted by Crippen LogP contribution is -2.48. The summed E-state index contributed by atoms with van der Waals surface area (Å²) in [5.41, 5.74) is 0. The van der Waals surface area contributed by atoms with Gasteiger partial charge in [-0.25, -0.2) is 0 Å². The Morgan fingerprint density at radius 1 is 1.05 bits per heavy atom. The second kappa shape index (κ2) is 9.12. The first-order valence-corrected chi connectivity index (χ1v) is 9.65. The molecule has 120 valence electrons. The maximum atomic E-state index is 5.88. The van der Waals surface area contributed by atoms with E-state index in [4.69, 9.17) is 22.8 Å². The minimum Gasteiger partial charge on any atom is -0.375 e. The van der Waals surface area contributed by atoms with Crippen LogP contribution in [0.15, 0.2) is 0 Å². The molecule has 5 nitrogen and oxygen atoms in total. The highest BCUT2D eigenvalue weighted by atomic mass is 28.4. The molecule has 0 bridgehead atoms. The van der Waals surface area contributed by atoms with Gasteiger partial charge in [0.25, 0.3) is 0 Å². The van der Waals surface area contributed by atoms with Gasteiger partial charge in [0.1, 0.15) is 6.10 Å². The molecule has 1 fully saturated rings. The highest BCUT2D eigenvalue weighted by Gasteiger charge is 2.43. The van der Waals surface area contributed by atoms with E-state index < -0.39 is 8.80 Å². The number of epoxide rings is 1. The van der Waals surface area contributed by atoms with Crippen molar-refractivity contribution in [3.63, 3.8) is 0 Å². The average molecular weight is 306 g/mol. The molecule has 0 radical (unpaired) electrons. The molecule has 3 unspecified atom stereocenters. The van der Waals surface area contributed by atoms with E-state index in [9.17, 15) is 0 Å². The monoisotopic (exact) mass is 306 g/mol. The molecule has 0 spiro atoms. The Hall–Kier alpha value is 0.0169. The largest absolute Gasteiger partial charge is 0.501 e. The predicted molar refractivity (Wildman–Crippen MR) is 79.8 cm³/mol. The van der Waals surface area contributed by atoms with Crippen LogP contribution in [-0.2, 0) is 22.8 Å². The zero-order valence-electron chi connectivity index (χ0n) is 13.5. The fraction of sp³-hybridized carbons (Fsp3) is 1.00. The highest BCUT2D eigenvalue weighted by molar-refractivity contribution is 6.60. The molecule has 0 aromatic heterocycles. The Bertz CT molecular complexity index is 243. The predicted octanol–water partition coefficient (Wildman–Crippen LogP) is 2.47. The molecule has 20 heavy (non-hydrogen) atoms. The minimum absolute atomic E-state index is 0.146. The molecular weight excluding hydrogens is 276 g/mol. The van der Waals surface area contributed by atoms with Gasteiger partial charge < -0.3 is 22.8 Å².